The topological polar surface area (TPSA) is 85.9 Å². The highest BCUT2D eigenvalue weighted by Gasteiger charge is 2.23. The van der Waals surface area contributed by atoms with Crippen LogP contribution in [0.3, 0.4) is 0 Å². The summed E-state index contributed by atoms with van der Waals surface area (Å²) in [6.45, 7) is 2.58. The first-order chi connectivity index (χ1) is 13.5. The molecule has 144 valence electrons. The maximum atomic E-state index is 12.2. The highest BCUT2D eigenvalue weighted by atomic mass is 35.5. The number of carbonyl (C=O) groups excluding carboxylic acids is 2. The van der Waals surface area contributed by atoms with Gasteiger partial charge in [-0.2, -0.15) is 0 Å². The Hall–Kier alpha value is -3.19. The van der Waals surface area contributed by atoms with Gasteiger partial charge in [-0.1, -0.05) is 11.6 Å². The lowest BCUT2D eigenvalue weighted by molar-refractivity contribution is -0.122. The lowest BCUT2D eigenvalue weighted by atomic mass is 10.1. The number of carbonyl (C=O) groups is 2. The molecular formula is C20H17ClN2O5. The van der Waals surface area contributed by atoms with Crippen LogP contribution in [-0.2, 0) is 9.59 Å². The molecular weight excluding hydrogens is 384 g/mol. The number of nitrogens with one attached hydrogen (secondary N) is 2. The molecule has 2 aromatic carbocycles. The van der Waals surface area contributed by atoms with Gasteiger partial charge < -0.3 is 24.8 Å². The number of rotatable bonds is 3. The maximum absolute atomic E-state index is 12.2. The highest BCUT2D eigenvalue weighted by molar-refractivity contribution is 6.32. The van der Waals surface area contributed by atoms with Crippen molar-refractivity contribution in [2.75, 3.05) is 23.8 Å². The van der Waals surface area contributed by atoms with E-state index in [4.69, 9.17) is 25.8 Å². The fourth-order valence-electron chi connectivity index (χ4n) is 2.87. The van der Waals surface area contributed by atoms with Gasteiger partial charge in [-0.3, -0.25) is 9.59 Å². The molecule has 2 aliphatic rings. The second-order valence-electron chi connectivity index (χ2n) is 6.31. The molecule has 0 spiro atoms. The zero-order valence-corrected chi connectivity index (χ0v) is 15.7. The molecule has 2 amide bonds. The van der Waals surface area contributed by atoms with Crippen molar-refractivity contribution in [3.05, 3.63) is 47.0 Å². The second kappa shape index (κ2) is 7.44. The van der Waals surface area contributed by atoms with Crippen molar-refractivity contribution >= 4 is 40.9 Å². The number of hydrogen-bond donors (Lipinski definition) is 2. The molecule has 1 atom stereocenters. The van der Waals surface area contributed by atoms with Crippen LogP contribution in [0.5, 0.6) is 17.2 Å². The van der Waals surface area contributed by atoms with Gasteiger partial charge in [-0.25, -0.2) is 0 Å². The molecule has 1 unspecified atom stereocenters. The standard InChI is InChI=1S/C20H17ClN2O5/c1-11-20(25)23-15-10-13(3-4-16(15)28-11)22-18(24)5-2-12-8-14(21)19-17(9-12)26-6-7-27-19/h2-5,8-11H,6-7H2,1H3,(H,22,24)(H,23,25)/b5-2+. The molecule has 2 aromatic rings. The Kier molecular flexibility index (Phi) is 4.83. The molecule has 0 radical (unpaired) electrons. The highest BCUT2D eigenvalue weighted by Crippen LogP contribution is 2.38. The zero-order chi connectivity index (χ0) is 19.7. The van der Waals surface area contributed by atoms with Crippen molar-refractivity contribution in [1.29, 1.82) is 0 Å². The first-order valence-electron chi connectivity index (χ1n) is 8.69. The Morgan fingerprint density at radius 1 is 1.21 bits per heavy atom. The Bertz CT molecular complexity index is 989. The Balaban J connectivity index is 1.46. The Morgan fingerprint density at radius 3 is 2.89 bits per heavy atom. The second-order valence-corrected chi connectivity index (χ2v) is 6.72. The van der Waals surface area contributed by atoms with E-state index in [1.54, 1.807) is 43.3 Å². The molecule has 0 bridgehead atoms. The number of benzene rings is 2. The van der Waals surface area contributed by atoms with Gasteiger partial charge in [-0.15, -0.1) is 0 Å². The molecule has 2 N–H and O–H groups in total. The van der Waals surface area contributed by atoms with Gasteiger partial charge in [-0.05, 0) is 48.9 Å². The first kappa shape index (κ1) is 18.2. The van der Waals surface area contributed by atoms with Crippen LogP contribution < -0.4 is 24.8 Å². The third-order valence-electron chi connectivity index (χ3n) is 4.22. The third-order valence-corrected chi connectivity index (χ3v) is 4.51. The van der Waals surface area contributed by atoms with Crippen LogP contribution in [0, 0.1) is 0 Å². The predicted molar refractivity (Wildman–Crippen MR) is 105 cm³/mol. The summed E-state index contributed by atoms with van der Waals surface area (Å²) in [6.07, 6.45) is 2.47. The predicted octanol–water partition coefficient (Wildman–Crippen LogP) is 3.48. The largest absolute Gasteiger partial charge is 0.486 e. The van der Waals surface area contributed by atoms with Crippen molar-refractivity contribution in [2.24, 2.45) is 0 Å². The van der Waals surface area contributed by atoms with Crippen molar-refractivity contribution in [3.63, 3.8) is 0 Å². The fraction of sp³-hybridized carbons (Fsp3) is 0.200. The number of anilines is 2. The molecule has 8 heteroatoms. The van der Waals surface area contributed by atoms with E-state index in [-0.39, 0.29) is 11.8 Å². The molecule has 0 aromatic heterocycles. The molecule has 4 rings (SSSR count). The molecule has 7 nitrogen and oxygen atoms in total. The normalized spacial score (nSPS) is 17.5. The number of hydrogen-bond acceptors (Lipinski definition) is 5. The van der Waals surface area contributed by atoms with Crippen LogP contribution in [0.1, 0.15) is 12.5 Å². The minimum Gasteiger partial charge on any atom is -0.486 e. The van der Waals surface area contributed by atoms with Crippen molar-refractivity contribution in [3.8, 4) is 17.2 Å². The van der Waals surface area contributed by atoms with Gasteiger partial charge in [0.1, 0.15) is 19.0 Å². The summed E-state index contributed by atoms with van der Waals surface area (Å²) in [4.78, 5) is 24.0. The van der Waals surface area contributed by atoms with Crippen LogP contribution in [0.25, 0.3) is 6.08 Å². The van der Waals surface area contributed by atoms with E-state index in [1.807, 2.05) is 0 Å². The van der Waals surface area contributed by atoms with Crippen LogP contribution >= 0.6 is 11.6 Å². The maximum Gasteiger partial charge on any atom is 0.265 e. The molecule has 0 saturated carbocycles. The minimum absolute atomic E-state index is 0.230. The number of ether oxygens (including phenoxy) is 3. The average molecular weight is 401 g/mol. The summed E-state index contributed by atoms with van der Waals surface area (Å²) >= 11 is 6.20. The molecule has 0 fully saturated rings. The van der Waals surface area contributed by atoms with Gasteiger partial charge in [0, 0.05) is 11.8 Å². The van der Waals surface area contributed by atoms with Gasteiger partial charge in [0.05, 0.1) is 10.7 Å². The van der Waals surface area contributed by atoms with Crippen LogP contribution in [-0.4, -0.2) is 31.1 Å². The number of fused-ring (bicyclic) bond motifs is 2. The summed E-state index contributed by atoms with van der Waals surface area (Å²) in [5.41, 5.74) is 1.76. The Morgan fingerprint density at radius 2 is 2.04 bits per heavy atom. The van der Waals surface area contributed by atoms with E-state index in [0.29, 0.717) is 52.4 Å². The van der Waals surface area contributed by atoms with Crippen molar-refractivity contribution in [1.82, 2.24) is 0 Å². The van der Waals surface area contributed by atoms with E-state index in [9.17, 15) is 9.59 Å². The van der Waals surface area contributed by atoms with E-state index < -0.39 is 6.10 Å². The fourth-order valence-corrected chi connectivity index (χ4v) is 3.14. The van der Waals surface area contributed by atoms with Crippen LogP contribution in [0.15, 0.2) is 36.4 Å². The van der Waals surface area contributed by atoms with Gasteiger partial charge >= 0.3 is 0 Å². The number of halogens is 1. The van der Waals surface area contributed by atoms with Gasteiger partial charge in [0.15, 0.2) is 17.6 Å². The summed E-state index contributed by atoms with van der Waals surface area (Å²) in [5, 5.41) is 5.91. The van der Waals surface area contributed by atoms with Crippen molar-refractivity contribution in [2.45, 2.75) is 13.0 Å². The van der Waals surface area contributed by atoms with E-state index >= 15 is 0 Å². The van der Waals surface area contributed by atoms with E-state index in [0.717, 1.165) is 0 Å². The monoisotopic (exact) mass is 400 g/mol. The summed E-state index contributed by atoms with van der Waals surface area (Å²) in [6, 6.07) is 8.51. The first-order valence-corrected chi connectivity index (χ1v) is 9.07. The van der Waals surface area contributed by atoms with Gasteiger partial charge in [0.2, 0.25) is 5.91 Å². The van der Waals surface area contributed by atoms with Crippen molar-refractivity contribution < 1.29 is 23.8 Å². The van der Waals surface area contributed by atoms with Gasteiger partial charge in [0.25, 0.3) is 5.91 Å². The van der Waals surface area contributed by atoms with E-state index in [2.05, 4.69) is 10.6 Å². The SMILES string of the molecule is CC1Oc2ccc(NC(=O)/C=C/c3cc(Cl)c4c(c3)OCCO4)cc2NC1=O. The zero-order valence-electron chi connectivity index (χ0n) is 15.0. The lowest BCUT2D eigenvalue weighted by Crippen LogP contribution is -2.34. The molecule has 0 saturated heterocycles. The molecule has 0 aliphatic carbocycles. The Labute approximate surface area is 166 Å². The summed E-state index contributed by atoms with van der Waals surface area (Å²) < 4.78 is 16.5. The summed E-state index contributed by atoms with van der Waals surface area (Å²) in [7, 11) is 0. The third kappa shape index (κ3) is 3.75. The molecule has 28 heavy (non-hydrogen) atoms. The molecule has 2 heterocycles. The smallest absolute Gasteiger partial charge is 0.265 e. The average Bonchev–Trinajstić information content (AvgIpc) is 2.68. The number of amides is 2. The van der Waals surface area contributed by atoms with Crippen LogP contribution in [0.4, 0.5) is 11.4 Å². The lowest BCUT2D eigenvalue weighted by Gasteiger charge is -2.23. The quantitative estimate of drug-likeness (QED) is 0.770. The van der Waals surface area contributed by atoms with Crippen LogP contribution in [0.2, 0.25) is 5.02 Å². The van der Waals surface area contributed by atoms with E-state index in [1.165, 1.54) is 6.08 Å². The molecule has 2 aliphatic heterocycles. The minimum atomic E-state index is -0.548. The summed E-state index contributed by atoms with van der Waals surface area (Å²) in [5.74, 6) is 1.07.